The van der Waals surface area contributed by atoms with Crippen molar-refractivity contribution in [1.82, 2.24) is 0 Å². The van der Waals surface area contributed by atoms with Crippen LogP contribution in [0.25, 0.3) is 0 Å². The molecule has 0 aliphatic heterocycles. The zero-order valence-corrected chi connectivity index (χ0v) is 28.2. The summed E-state index contributed by atoms with van der Waals surface area (Å²) in [5.41, 5.74) is 8.17. The SMILES string of the molecule is C=C1C(O)=CC(C)(C)C(/C=C/C(C)=C/C=C/C(C)=C/C=C/C=C(C)/C=C/C=C(C)/C=C/C2=C(C)C(=O)C(O)=CC2(C)C)=C1C. The molecule has 0 aromatic heterocycles. The normalized spacial score (nSPS) is 20.9. The van der Waals surface area contributed by atoms with Crippen molar-refractivity contribution in [1.29, 1.82) is 0 Å². The van der Waals surface area contributed by atoms with E-state index in [0.717, 1.165) is 39.0 Å². The minimum absolute atomic E-state index is 0.175. The molecule has 0 aromatic rings. The Labute approximate surface area is 265 Å². The van der Waals surface area contributed by atoms with Gasteiger partial charge in [0.25, 0.3) is 0 Å². The first-order valence-electron chi connectivity index (χ1n) is 15.0. The Balaban J connectivity index is 1.95. The lowest BCUT2D eigenvalue weighted by molar-refractivity contribution is -0.114. The minimum Gasteiger partial charge on any atom is -0.508 e. The summed E-state index contributed by atoms with van der Waals surface area (Å²) < 4.78 is 0. The van der Waals surface area contributed by atoms with Gasteiger partial charge in [-0.1, -0.05) is 142 Å². The van der Waals surface area contributed by atoms with Gasteiger partial charge in [0.05, 0.1) is 0 Å². The van der Waals surface area contributed by atoms with E-state index in [9.17, 15) is 15.0 Å². The van der Waals surface area contributed by atoms with Crippen LogP contribution < -0.4 is 0 Å². The van der Waals surface area contributed by atoms with Gasteiger partial charge in [-0.3, -0.25) is 4.79 Å². The predicted molar refractivity (Wildman–Crippen MR) is 189 cm³/mol. The van der Waals surface area contributed by atoms with Crippen molar-refractivity contribution in [2.75, 3.05) is 0 Å². The molecule has 0 amide bonds. The summed E-state index contributed by atoms with van der Waals surface area (Å²) in [6.07, 6.45) is 32.2. The lowest BCUT2D eigenvalue weighted by Crippen LogP contribution is -2.23. The summed E-state index contributed by atoms with van der Waals surface area (Å²) in [5.74, 6) is -0.220. The molecule has 0 spiro atoms. The second kappa shape index (κ2) is 15.4. The van der Waals surface area contributed by atoms with Gasteiger partial charge in [-0.05, 0) is 70.4 Å². The van der Waals surface area contributed by atoms with Crippen molar-refractivity contribution in [2.45, 2.75) is 69.2 Å². The summed E-state index contributed by atoms with van der Waals surface area (Å²) in [6.45, 7) is 24.2. The lowest BCUT2D eigenvalue weighted by atomic mass is 9.75. The molecule has 2 N–H and O–H groups in total. The Hall–Kier alpha value is -4.37. The predicted octanol–water partition coefficient (Wildman–Crippen LogP) is 11.3. The third-order valence-corrected chi connectivity index (χ3v) is 7.82. The van der Waals surface area contributed by atoms with E-state index in [1.807, 2.05) is 70.2 Å². The van der Waals surface area contributed by atoms with Gasteiger partial charge in [0.2, 0.25) is 5.78 Å². The molecule has 0 fully saturated rings. The van der Waals surface area contributed by atoms with Crippen LogP contribution in [0, 0.1) is 10.8 Å². The number of hydrogen-bond acceptors (Lipinski definition) is 3. The number of aliphatic hydroxyl groups is 2. The molecule has 0 saturated heterocycles. The molecular weight excluding hydrogens is 540 g/mol. The Morgan fingerprint density at radius 1 is 0.614 bits per heavy atom. The number of allylic oxidation sites excluding steroid dienone is 24. The Morgan fingerprint density at radius 3 is 1.43 bits per heavy atom. The molecule has 0 heterocycles. The third kappa shape index (κ3) is 10.1. The standard InChI is InChI=1S/C41H50O3/c1-28(18-14-20-30(3)22-24-35-32(5)33(6)37(42)26-40(35,8)9)16-12-13-17-29(2)19-15-21-31(4)23-25-36-34(7)39(44)38(43)27-41(36,10)11/h12-27,42-43H,6H2,1-5,7-11H3/b13-12+,18-14+,19-15+,24-22+,25-23+,28-16+,29-17+,30-20+,31-21+. The van der Waals surface area contributed by atoms with E-state index in [1.165, 1.54) is 0 Å². The first kappa shape index (κ1) is 35.8. The maximum Gasteiger partial charge on any atom is 0.222 e. The molecule has 0 unspecified atom stereocenters. The number of carbonyl (C=O) groups excluding carboxylic acids is 1. The van der Waals surface area contributed by atoms with E-state index >= 15 is 0 Å². The number of hydrogen-bond donors (Lipinski definition) is 2. The van der Waals surface area contributed by atoms with Gasteiger partial charge >= 0.3 is 0 Å². The second-order valence-electron chi connectivity index (χ2n) is 12.8. The minimum atomic E-state index is -0.402. The van der Waals surface area contributed by atoms with Crippen molar-refractivity contribution < 1.29 is 15.0 Å². The molecule has 2 aliphatic carbocycles. The number of ketones is 1. The number of Topliss-reactive ketones (excluding diaryl/α,β-unsaturated/α-hetero) is 1. The molecular formula is C41H50O3. The number of carbonyl (C=O) groups is 1. The third-order valence-electron chi connectivity index (χ3n) is 7.82. The molecule has 3 nitrogen and oxygen atoms in total. The van der Waals surface area contributed by atoms with Crippen LogP contribution in [0.3, 0.4) is 0 Å². The lowest BCUT2D eigenvalue weighted by Gasteiger charge is -2.30. The zero-order chi connectivity index (χ0) is 33.2. The van der Waals surface area contributed by atoms with E-state index in [1.54, 1.807) is 13.0 Å². The van der Waals surface area contributed by atoms with Gasteiger partial charge < -0.3 is 10.2 Å². The van der Waals surface area contributed by atoms with Crippen molar-refractivity contribution in [3.05, 3.63) is 165 Å². The fourth-order valence-electron chi connectivity index (χ4n) is 5.08. The maximum absolute atomic E-state index is 12.2. The van der Waals surface area contributed by atoms with E-state index < -0.39 is 5.41 Å². The van der Waals surface area contributed by atoms with Crippen molar-refractivity contribution >= 4 is 5.78 Å². The zero-order valence-electron chi connectivity index (χ0n) is 28.2. The highest BCUT2D eigenvalue weighted by Gasteiger charge is 2.31. The average Bonchev–Trinajstić information content (AvgIpc) is 2.92. The van der Waals surface area contributed by atoms with Gasteiger partial charge in [-0.2, -0.15) is 0 Å². The molecule has 0 atom stereocenters. The molecule has 0 radical (unpaired) electrons. The van der Waals surface area contributed by atoms with Crippen LogP contribution in [0.5, 0.6) is 0 Å². The molecule has 0 aromatic carbocycles. The molecule has 44 heavy (non-hydrogen) atoms. The van der Waals surface area contributed by atoms with Crippen LogP contribution in [0.2, 0.25) is 0 Å². The van der Waals surface area contributed by atoms with Crippen LogP contribution in [-0.4, -0.2) is 16.0 Å². The van der Waals surface area contributed by atoms with Crippen LogP contribution in [-0.2, 0) is 4.79 Å². The Kier molecular flexibility index (Phi) is 12.5. The summed E-state index contributed by atoms with van der Waals surface area (Å²) in [4.78, 5) is 12.2. The highest BCUT2D eigenvalue weighted by atomic mass is 16.3. The molecule has 2 rings (SSSR count). The van der Waals surface area contributed by atoms with Gasteiger partial charge in [-0.15, -0.1) is 0 Å². The summed E-state index contributed by atoms with van der Waals surface area (Å²) in [6, 6.07) is 0. The first-order chi connectivity index (χ1) is 20.5. The highest BCUT2D eigenvalue weighted by molar-refractivity contribution is 6.08. The van der Waals surface area contributed by atoms with Crippen LogP contribution in [0.1, 0.15) is 69.2 Å². The van der Waals surface area contributed by atoms with Gasteiger partial charge in [0, 0.05) is 22.0 Å². The topological polar surface area (TPSA) is 57.5 Å². The maximum atomic E-state index is 12.2. The van der Waals surface area contributed by atoms with E-state index in [2.05, 4.69) is 89.8 Å². The van der Waals surface area contributed by atoms with Crippen LogP contribution in [0.4, 0.5) is 0 Å². The quantitative estimate of drug-likeness (QED) is 0.249. The van der Waals surface area contributed by atoms with Gasteiger partial charge in [-0.25, -0.2) is 0 Å². The Bertz CT molecular complexity index is 1450. The average molecular weight is 591 g/mol. The fraction of sp³-hybridized carbons (Fsp3) is 0.293. The first-order valence-corrected chi connectivity index (χ1v) is 15.0. The van der Waals surface area contributed by atoms with Crippen molar-refractivity contribution in [3.63, 3.8) is 0 Å². The molecule has 0 bridgehead atoms. The monoisotopic (exact) mass is 590 g/mol. The summed E-state index contributed by atoms with van der Waals surface area (Å²) in [7, 11) is 0. The fourth-order valence-corrected chi connectivity index (χ4v) is 5.08. The molecule has 2 aliphatic rings. The Morgan fingerprint density at radius 2 is 0.977 bits per heavy atom. The molecule has 0 saturated carbocycles. The van der Waals surface area contributed by atoms with Gasteiger partial charge in [0.15, 0.2) is 5.76 Å². The van der Waals surface area contributed by atoms with Crippen LogP contribution in [0.15, 0.2) is 165 Å². The molecule has 232 valence electrons. The van der Waals surface area contributed by atoms with E-state index in [-0.39, 0.29) is 22.7 Å². The van der Waals surface area contributed by atoms with Gasteiger partial charge in [0.1, 0.15) is 5.76 Å². The largest absolute Gasteiger partial charge is 0.508 e. The van der Waals surface area contributed by atoms with E-state index in [4.69, 9.17) is 0 Å². The number of aliphatic hydroxyl groups excluding tert-OH is 2. The summed E-state index contributed by atoms with van der Waals surface area (Å²) >= 11 is 0. The van der Waals surface area contributed by atoms with Crippen molar-refractivity contribution in [2.24, 2.45) is 10.8 Å². The van der Waals surface area contributed by atoms with Crippen LogP contribution >= 0.6 is 0 Å². The smallest absolute Gasteiger partial charge is 0.222 e. The van der Waals surface area contributed by atoms with E-state index in [0.29, 0.717) is 11.1 Å². The highest BCUT2D eigenvalue weighted by Crippen LogP contribution is 2.40. The number of rotatable bonds is 10. The summed E-state index contributed by atoms with van der Waals surface area (Å²) in [5, 5.41) is 20.0. The molecule has 3 heteroatoms. The second-order valence-corrected chi connectivity index (χ2v) is 12.8. The van der Waals surface area contributed by atoms with Crippen molar-refractivity contribution in [3.8, 4) is 0 Å².